The number of halogens is 1. The predicted octanol–water partition coefficient (Wildman–Crippen LogP) is 2.85. The van der Waals surface area contributed by atoms with Crippen molar-refractivity contribution in [2.24, 2.45) is 0 Å². The van der Waals surface area contributed by atoms with Gasteiger partial charge in [0.05, 0.1) is 12.6 Å². The van der Waals surface area contributed by atoms with Crippen LogP contribution in [0.15, 0.2) is 40.8 Å². The first-order chi connectivity index (χ1) is 12.5. The third-order valence-corrected chi connectivity index (χ3v) is 4.68. The van der Waals surface area contributed by atoms with E-state index in [0.29, 0.717) is 29.4 Å². The Kier molecular flexibility index (Phi) is 5.64. The van der Waals surface area contributed by atoms with Gasteiger partial charge in [-0.05, 0) is 37.6 Å². The highest BCUT2D eigenvalue weighted by molar-refractivity contribution is 6.31. The first-order valence-corrected chi connectivity index (χ1v) is 8.87. The predicted molar refractivity (Wildman–Crippen MR) is 96.6 cm³/mol. The van der Waals surface area contributed by atoms with Crippen molar-refractivity contribution < 1.29 is 18.7 Å². The first kappa shape index (κ1) is 18.5. The minimum Gasteiger partial charge on any atom is -0.464 e. The average Bonchev–Trinajstić information content (AvgIpc) is 3.04. The van der Waals surface area contributed by atoms with Crippen LogP contribution in [-0.4, -0.2) is 36.0 Å². The summed E-state index contributed by atoms with van der Waals surface area (Å²) in [6, 6.07) is 10.2. The third-order valence-electron chi connectivity index (χ3n) is 4.33. The van der Waals surface area contributed by atoms with Crippen molar-refractivity contribution in [1.29, 1.82) is 0 Å². The topological polar surface area (TPSA) is 71.8 Å². The van der Waals surface area contributed by atoms with Gasteiger partial charge < -0.3 is 19.4 Å². The smallest absolute Gasteiger partial charge is 0.254 e. The van der Waals surface area contributed by atoms with Crippen molar-refractivity contribution in [2.45, 2.75) is 32.5 Å². The van der Waals surface area contributed by atoms with Gasteiger partial charge in [0.1, 0.15) is 18.1 Å². The van der Waals surface area contributed by atoms with E-state index in [1.165, 1.54) is 0 Å². The van der Waals surface area contributed by atoms with Crippen LogP contribution < -0.4 is 5.32 Å². The number of morpholine rings is 1. The molecule has 3 rings (SSSR count). The van der Waals surface area contributed by atoms with Gasteiger partial charge in [-0.2, -0.15) is 0 Å². The van der Waals surface area contributed by atoms with Crippen LogP contribution in [0.3, 0.4) is 0 Å². The number of likely N-dealkylation sites (N-methyl/N-ethyl adjacent to an activating group) is 1. The number of ether oxygens (including phenoxy) is 1. The van der Waals surface area contributed by atoms with Gasteiger partial charge in [-0.25, -0.2) is 0 Å². The lowest BCUT2D eigenvalue weighted by Crippen LogP contribution is -2.53. The summed E-state index contributed by atoms with van der Waals surface area (Å²) in [6.45, 7) is 4.41. The molecular formula is C19H21ClN2O4. The molecule has 0 bridgehead atoms. The van der Waals surface area contributed by atoms with Gasteiger partial charge >= 0.3 is 0 Å². The quantitative estimate of drug-likeness (QED) is 0.871. The Labute approximate surface area is 157 Å². The number of carbonyl (C=O) groups is 2. The molecule has 138 valence electrons. The number of carbonyl (C=O) groups excluding carboxylic acids is 2. The Morgan fingerprint density at radius 2 is 2.08 bits per heavy atom. The van der Waals surface area contributed by atoms with Crippen LogP contribution in [-0.2, 0) is 20.9 Å². The second-order valence-electron chi connectivity index (χ2n) is 6.16. The maximum Gasteiger partial charge on any atom is 0.254 e. The molecule has 1 aromatic carbocycles. The highest BCUT2D eigenvalue weighted by Crippen LogP contribution is 2.29. The molecule has 1 N–H and O–H groups in total. The van der Waals surface area contributed by atoms with E-state index in [4.69, 9.17) is 20.8 Å². The molecule has 2 amide bonds. The van der Waals surface area contributed by atoms with Crippen molar-refractivity contribution in [2.75, 3.05) is 13.2 Å². The molecule has 2 aromatic rings. The largest absolute Gasteiger partial charge is 0.464 e. The van der Waals surface area contributed by atoms with Gasteiger partial charge in [-0.1, -0.05) is 29.8 Å². The van der Waals surface area contributed by atoms with Crippen LogP contribution in [0.2, 0.25) is 5.02 Å². The van der Waals surface area contributed by atoms with Crippen LogP contribution in [0.4, 0.5) is 0 Å². The molecule has 1 aliphatic rings. The molecule has 0 aliphatic carbocycles. The summed E-state index contributed by atoms with van der Waals surface area (Å²) in [4.78, 5) is 26.6. The van der Waals surface area contributed by atoms with E-state index in [9.17, 15) is 9.59 Å². The highest BCUT2D eigenvalue weighted by atomic mass is 35.5. The minimum atomic E-state index is -0.844. The van der Waals surface area contributed by atoms with E-state index >= 15 is 0 Å². The Bertz CT molecular complexity index is 804. The molecule has 1 saturated heterocycles. The molecule has 0 unspecified atom stereocenters. The average molecular weight is 377 g/mol. The molecule has 0 radical (unpaired) electrons. The molecule has 1 aromatic heterocycles. The number of amides is 2. The monoisotopic (exact) mass is 376 g/mol. The van der Waals surface area contributed by atoms with Crippen molar-refractivity contribution in [3.63, 3.8) is 0 Å². The SMILES string of the molecule is CCN(Cc1ccc(C)o1)C(=O)[C@H]1OCC(=O)N[C@@H]1c1ccccc1Cl. The van der Waals surface area contributed by atoms with E-state index in [0.717, 1.165) is 5.76 Å². The van der Waals surface area contributed by atoms with Crippen LogP contribution in [0, 0.1) is 6.92 Å². The summed E-state index contributed by atoms with van der Waals surface area (Å²) in [6.07, 6.45) is -0.844. The lowest BCUT2D eigenvalue weighted by atomic mass is 9.98. The van der Waals surface area contributed by atoms with Gasteiger partial charge in [0.15, 0.2) is 6.10 Å². The van der Waals surface area contributed by atoms with Crippen molar-refractivity contribution in [3.05, 3.63) is 58.5 Å². The second-order valence-corrected chi connectivity index (χ2v) is 6.57. The van der Waals surface area contributed by atoms with Crippen LogP contribution >= 0.6 is 11.6 Å². The Balaban J connectivity index is 1.84. The lowest BCUT2D eigenvalue weighted by Gasteiger charge is -2.35. The van der Waals surface area contributed by atoms with E-state index in [1.807, 2.05) is 32.0 Å². The molecule has 0 saturated carbocycles. The normalized spacial score (nSPS) is 19.9. The summed E-state index contributed by atoms with van der Waals surface area (Å²) in [5.74, 6) is 1.00. The fraction of sp³-hybridized carbons (Fsp3) is 0.368. The summed E-state index contributed by atoms with van der Waals surface area (Å²) in [5, 5.41) is 3.31. The zero-order chi connectivity index (χ0) is 18.7. The molecule has 0 spiro atoms. The first-order valence-electron chi connectivity index (χ1n) is 8.49. The van der Waals surface area contributed by atoms with E-state index in [-0.39, 0.29) is 18.4 Å². The maximum absolute atomic E-state index is 13.1. The van der Waals surface area contributed by atoms with Crippen LogP contribution in [0.25, 0.3) is 0 Å². The number of hydrogen-bond acceptors (Lipinski definition) is 4. The van der Waals surface area contributed by atoms with Gasteiger partial charge in [0.2, 0.25) is 5.91 Å². The third kappa shape index (κ3) is 3.92. The Hall–Kier alpha value is -2.31. The standard InChI is InChI=1S/C19H21ClN2O4/c1-3-22(10-13-9-8-12(2)26-13)19(24)18-17(21-16(23)11-25-18)14-6-4-5-7-15(14)20/h4-9,17-18H,3,10-11H2,1-2H3,(H,21,23)/t17-,18+/m1/s1. The van der Waals surface area contributed by atoms with Crippen molar-refractivity contribution in [3.8, 4) is 0 Å². The number of rotatable bonds is 5. The summed E-state index contributed by atoms with van der Waals surface area (Å²) < 4.78 is 11.2. The molecule has 2 heterocycles. The van der Waals surface area contributed by atoms with Gasteiger partial charge in [-0.15, -0.1) is 0 Å². The number of nitrogens with one attached hydrogen (secondary N) is 1. The van der Waals surface area contributed by atoms with Crippen molar-refractivity contribution >= 4 is 23.4 Å². The number of benzene rings is 1. The minimum absolute atomic E-state index is 0.158. The van der Waals surface area contributed by atoms with E-state index in [2.05, 4.69) is 5.32 Å². The highest BCUT2D eigenvalue weighted by Gasteiger charge is 2.39. The number of hydrogen-bond donors (Lipinski definition) is 1. The van der Waals surface area contributed by atoms with Crippen LogP contribution in [0.5, 0.6) is 0 Å². The fourth-order valence-corrected chi connectivity index (χ4v) is 3.27. The Morgan fingerprint density at radius 3 is 2.73 bits per heavy atom. The summed E-state index contributed by atoms with van der Waals surface area (Å²) in [7, 11) is 0. The fourth-order valence-electron chi connectivity index (χ4n) is 3.02. The number of furan rings is 1. The summed E-state index contributed by atoms with van der Waals surface area (Å²) >= 11 is 6.27. The van der Waals surface area contributed by atoms with E-state index < -0.39 is 12.1 Å². The molecule has 7 heteroatoms. The molecule has 6 nitrogen and oxygen atoms in total. The molecule has 2 atom stereocenters. The summed E-state index contributed by atoms with van der Waals surface area (Å²) in [5.41, 5.74) is 0.658. The zero-order valence-corrected chi connectivity index (χ0v) is 15.5. The van der Waals surface area contributed by atoms with Crippen molar-refractivity contribution in [1.82, 2.24) is 10.2 Å². The number of aryl methyl sites for hydroxylation is 1. The lowest BCUT2D eigenvalue weighted by molar-refractivity contribution is -0.155. The zero-order valence-electron chi connectivity index (χ0n) is 14.7. The number of nitrogens with zero attached hydrogens (tertiary/aromatic N) is 1. The Morgan fingerprint density at radius 1 is 1.31 bits per heavy atom. The van der Waals surface area contributed by atoms with Gasteiger partial charge in [0, 0.05) is 11.6 Å². The van der Waals surface area contributed by atoms with Gasteiger partial charge in [0.25, 0.3) is 5.91 Å². The molecule has 26 heavy (non-hydrogen) atoms. The van der Waals surface area contributed by atoms with Gasteiger partial charge in [-0.3, -0.25) is 9.59 Å². The second kappa shape index (κ2) is 7.93. The molecular weight excluding hydrogens is 356 g/mol. The molecule has 1 fully saturated rings. The van der Waals surface area contributed by atoms with E-state index in [1.54, 1.807) is 23.1 Å². The maximum atomic E-state index is 13.1. The molecule has 1 aliphatic heterocycles. The van der Waals surface area contributed by atoms with Crippen LogP contribution in [0.1, 0.15) is 30.0 Å².